The average Bonchev–Trinajstić information content (AvgIpc) is 2.80. The van der Waals surface area contributed by atoms with Gasteiger partial charge in [0.25, 0.3) is 0 Å². The van der Waals surface area contributed by atoms with Crippen LogP contribution in [-0.4, -0.2) is 21.6 Å². The van der Waals surface area contributed by atoms with E-state index in [4.69, 9.17) is 16.3 Å². The first-order valence-corrected chi connectivity index (χ1v) is 6.44. The van der Waals surface area contributed by atoms with Gasteiger partial charge in [-0.2, -0.15) is 0 Å². The van der Waals surface area contributed by atoms with Crippen molar-refractivity contribution in [2.45, 2.75) is 12.4 Å². The maximum Gasteiger partial charge on any atom is 0.119 e. The molecule has 2 rings (SSSR count). The van der Waals surface area contributed by atoms with Crippen LogP contribution in [0, 0.1) is 0 Å². The van der Waals surface area contributed by atoms with Crippen molar-refractivity contribution in [2.75, 3.05) is 6.61 Å². The lowest BCUT2D eigenvalue weighted by Gasteiger charge is -2.05. The summed E-state index contributed by atoms with van der Waals surface area (Å²) in [4.78, 5) is 0. The van der Waals surface area contributed by atoms with Gasteiger partial charge in [0, 0.05) is 10.7 Å². The Labute approximate surface area is 113 Å². The minimum Gasteiger partial charge on any atom is -0.492 e. The summed E-state index contributed by atoms with van der Waals surface area (Å²) in [5.41, 5.74) is 0.773. The Morgan fingerprint density at radius 2 is 2.06 bits per heavy atom. The van der Waals surface area contributed by atoms with Gasteiger partial charge in [-0.25, -0.2) is 4.68 Å². The molecule has 1 aromatic carbocycles. The molecule has 0 saturated carbocycles. The topological polar surface area (TPSA) is 39.9 Å². The fourth-order valence-corrected chi connectivity index (χ4v) is 1.68. The molecule has 0 aliphatic carbocycles. The molecule has 2 aromatic rings. The second-order valence-electron chi connectivity index (χ2n) is 3.41. The molecular weight excluding hydrogens is 305 g/mol. The van der Waals surface area contributed by atoms with Gasteiger partial charge in [-0.15, -0.1) is 16.7 Å². The van der Waals surface area contributed by atoms with Crippen LogP contribution in [0.25, 0.3) is 0 Å². The van der Waals surface area contributed by atoms with Crippen LogP contribution in [0.1, 0.15) is 5.69 Å². The Bertz CT molecular complexity index is 472. The summed E-state index contributed by atoms with van der Waals surface area (Å²) in [6.07, 6.45) is 1.82. The van der Waals surface area contributed by atoms with E-state index in [1.165, 1.54) is 0 Å². The van der Waals surface area contributed by atoms with Crippen LogP contribution in [-0.2, 0) is 12.4 Å². The fraction of sp³-hybridized carbons (Fsp3) is 0.273. The standard InChI is InChI=1S/C11H11BrClN3O/c12-9-1-3-11(4-2-9)17-6-5-16-8-10(7-13)14-15-16/h1-4,8H,5-7H2. The maximum absolute atomic E-state index is 5.63. The van der Waals surface area contributed by atoms with Crippen molar-refractivity contribution in [1.29, 1.82) is 0 Å². The summed E-state index contributed by atoms with van der Waals surface area (Å²) >= 11 is 9.00. The first kappa shape index (κ1) is 12.4. The smallest absolute Gasteiger partial charge is 0.119 e. The fourth-order valence-electron chi connectivity index (χ4n) is 1.30. The predicted octanol–water partition coefficient (Wildman–Crippen LogP) is 2.86. The highest BCUT2D eigenvalue weighted by Crippen LogP contribution is 2.15. The van der Waals surface area contributed by atoms with Crippen molar-refractivity contribution in [3.63, 3.8) is 0 Å². The van der Waals surface area contributed by atoms with Gasteiger partial charge in [-0.3, -0.25) is 0 Å². The molecule has 0 aliphatic heterocycles. The summed E-state index contributed by atoms with van der Waals surface area (Å²) in [5.74, 6) is 1.22. The van der Waals surface area contributed by atoms with Crippen molar-refractivity contribution in [1.82, 2.24) is 15.0 Å². The Hall–Kier alpha value is -1.07. The third kappa shape index (κ3) is 3.71. The van der Waals surface area contributed by atoms with Crippen LogP contribution in [0.15, 0.2) is 34.9 Å². The summed E-state index contributed by atoms with van der Waals surface area (Å²) in [7, 11) is 0. The Morgan fingerprint density at radius 3 is 2.71 bits per heavy atom. The van der Waals surface area contributed by atoms with Gasteiger partial charge >= 0.3 is 0 Å². The number of hydrogen-bond donors (Lipinski definition) is 0. The first-order chi connectivity index (χ1) is 8.28. The molecular formula is C11H11BrClN3O. The molecule has 0 N–H and O–H groups in total. The average molecular weight is 317 g/mol. The Morgan fingerprint density at radius 1 is 1.29 bits per heavy atom. The SMILES string of the molecule is ClCc1cn(CCOc2ccc(Br)cc2)nn1. The van der Waals surface area contributed by atoms with E-state index < -0.39 is 0 Å². The highest BCUT2D eigenvalue weighted by Gasteiger charge is 1.99. The van der Waals surface area contributed by atoms with Gasteiger partial charge in [-0.05, 0) is 24.3 Å². The molecule has 0 atom stereocenters. The van der Waals surface area contributed by atoms with Crippen molar-refractivity contribution in [3.8, 4) is 5.75 Å². The molecule has 17 heavy (non-hydrogen) atoms. The quantitative estimate of drug-likeness (QED) is 0.796. The summed E-state index contributed by atoms with van der Waals surface area (Å²) in [6.45, 7) is 1.20. The van der Waals surface area contributed by atoms with Crippen LogP contribution in [0.4, 0.5) is 0 Å². The number of hydrogen-bond acceptors (Lipinski definition) is 3. The zero-order chi connectivity index (χ0) is 12.1. The second-order valence-corrected chi connectivity index (χ2v) is 4.59. The lowest BCUT2D eigenvalue weighted by molar-refractivity contribution is 0.289. The number of benzene rings is 1. The minimum atomic E-state index is 0.383. The molecule has 0 radical (unpaired) electrons. The highest BCUT2D eigenvalue weighted by molar-refractivity contribution is 9.10. The van der Waals surface area contributed by atoms with E-state index in [9.17, 15) is 0 Å². The molecule has 1 heterocycles. The van der Waals surface area contributed by atoms with Crippen LogP contribution < -0.4 is 4.74 Å². The van der Waals surface area contributed by atoms with Crippen LogP contribution in [0.5, 0.6) is 5.75 Å². The molecule has 0 amide bonds. The van der Waals surface area contributed by atoms with Gasteiger partial charge in [0.05, 0.1) is 18.1 Å². The van der Waals surface area contributed by atoms with Gasteiger partial charge < -0.3 is 4.74 Å². The lowest BCUT2D eigenvalue weighted by atomic mass is 10.3. The summed E-state index contributed by atoms with van der Waals surface area (Å²) in [6, 6.07) is 7.71. The molecule has 0 aliphatic rings. The summed E-state index contributed by atoms with van der Waals surface area (Å²) in [5, 5.41) is 7.82. The zero-order valence-corrected chi connectivity index (χ0v) is 11.4. The Kier molecular flexibility index (Phi) is 4.39. The van der Waals surface area contributed by atoms with Gasteiger partial charge in [-0.1, -0.05) is 21.1 Å². The number of alkyl halides is 1. The molecule has 0 unspecified atom stereocenters. The van der Waals surface area contributed by atoms with Crippen LogP contribution in [0.3, 0.4) is 0 Å². The largest absolute Gasteiger partial charge is 0.492 e. The number of nitrogens with zero attached hydrogens (tertiary/aromatic N) is 3. The van der Waals surface area contributed by atoms with E-state index in [0.717, 1.165) is 15.9 Å². The molecule has 0 spiro atoms. The maximum atomic E-state index is 5.63. The molecule has 4 nitrogen and oxygen atoms in total. The third-order valence-electron chi connectivity index (χ3n) is 2.13. The normalized spacial score (nSPS) is 10.5. The molecule has 6 heteroatoms. The van der Waals surface area contributed by atoms with E-state index >= 15 is 0 Å². The number of rotatable bonds is 5. The van der Waals surface area contributed by atoms with E-state index in [1.54, 1.807) is 4.68 Å². The summed E-state index contributed by atoms with van der Waals surface area (Å²) < 4.78 is 8.32. The van der Waals surface area contributed by atoms with Crippen molar-refractivity contribution < 1.29 is 4.74 Å². The second kappa shape index (κ2) is 6.02. The highest BCUT2D eigenvalue weighted by atomic mass is 79.9. The number of halogens is 2. The Balaban J connectivity index is 1.81. The van der Waals surface area contributed by atoms with E-state index in [2.05, 4.69) is 26.2 Å². The molecule has 0 bridgehead atoms. The third-order valence-corrected chi connectivity index (χ3v) is 2.93. The van der Waals surface area contributed by atoms with Crippen molar-refractivity contribution >= 4 is 27.5 Å². The zero-order valence-electron chi connectivity index (χ0n) is 9.01. The molecule has 0 saturated heterocycles. The monoisotopic (exact) mass is 315 g/mol. The van der Waals surface area contributed by atoms with Crippen LogP contribution >= 0.6 is 27.5 Å². The van der Waals surface area contributed by atoms with Crippen molar-refractivity contribution in [3.05, 3.63) is 40.6 Å². The minimum absolute atomic E-state index is 0.383. The molecule has 1 aromatic heterocycles. The van der Waals surface area contributed by atoms with Crippen LogP contribution in [0.2, 0.25) is 0 Å². The lowest BCUT2D eigenvalue weighted by Crippen LogP contribution is -2.08. The van der Waals surface area contributed by atoms with E-state index in [1.807, 2.05) is 30.5 Å². The van der Waals surface area contributed by atoms with Gasteiger partial charge in [0.2, 0.25) is 0 Å². The van der Waals surface area contributed by atoms with Gasteiger partial charge in [0.1, 0.15) is 12.4 Å². The molecule has 90 valence electrons. The van der Waals surface area contributed by atoms with E-state index in [0.29, 0.717) is 19.0 Å². The van der Waals surface area contributed by atoms with Crippen molar-refractivity contribution in [2.24, 2.45) is 0 Å². The predicted molar refractivity (Wildman–Crippen MR) is 69.2 cm³/mol. The molecule has 0 fully saturated rings. The number of aromatic nitrogens is 3. The number of ether oxygens (including phenoxy) is 1. The van der Waals surface area contributed by atoms with Gasteiger partial charge in [0.15, 0.2) is 0 Å². The first-order valence-electron chi connectivity index (χ1n) is 5.11. The van der Waals surface area contributed by atoms with E-state index in [-0.39, 0.29) is 0 Å².